The van der Waals surface area contributed by atoms with Gasteiger partial charge >= 0.3 is 0 Å². The van der Waals surface area contributed by atoms with E-state index in [1.54, 1.807) is 0 Å². The van der Waals surface area contributed by atoms with Crippen molar-refractivity contribution in [1.29, 1.82) is 0 Å². The third-order valence-electron chi connectivity index (χ3n) is 3.74. The van der Waals surface area contributed by atoms with Crippen LogP contribution in [-0.2, 0) is 9.59 Å². The number of carbonyl (C=O) groups is 2. The van der Waals surface area contributed by atoms with Crippen molar-refractivity contribution in [3.05, 3.63) is 0 Å². The molecule has 1 unspecified atom stereocenters. The molecule has 0 rings (SSSR count). The van der Waals surface area contributed by atoms with Gasteiger partial charge in [0.05, 0.1) is 0 Å². The van der Waals surface area contributed by atoms with Crippen molar-refractivity contribution in [2.24, 2.45) is 11.3 Å². The molecule has 0 radical (unpaired) electrons. The van der Waals surface area contributed by atoms with Crippen LogP contribution < -0.4 is 0 Å². The summed E-state index contributed by atoms with van der Waals surface area (Å²) in [5, 5.41) is 0. The first-order valence-electron chi connectivity index (χ1n) is 7.90. The van der Waals surface area contributed by atoms with Crippen molar-refractivity contribution >= 4 is 11.6 Å². The summed E-state index contributed by atoms with van der Waals surface area (Å²) >= 11 is 0. The van der Waals surface area contributed by atoms with Crippen LogP contribution in [0.5, 0.6) is 0 Å². The quantitative estimate of drug-likeness (QED) is 0.531. The van der Waals surface area contributed by atoms with E-state index in [0.29, 0.717) is 31.0 Å². The van der Waals surface area contributed by atoms with Gasteiger partial charge in [0.1, 0.15) is 11.6 Å². The van der Waals surface area contributed by atoms with E-state index < -0.39 is 5.41 Å². The first kappa shape index (κ1) is 18.3. The van der Waals surface area contributed by atoms with Gasteiger partial charge in [-0.1, -0.05) is 53.9 Å². The second-order valence-electron chi connectivity index (χ2n) is 6.50. The third-order valence-corrected chi connectivity index (χ3v) is 3.74. The van der Waals surface area contributed by atoms with Gasteiger partial charge in [-0.25, -0.2) is 0 Å². The molecule has 0 amide bonds. The van der Waals surface area contributed by atoms with Crippen molar-refractivity contribution < 1.29 is 9.59 Å². The number of Topliss-reactive ketones (excluding diaryl/α,β-unsaturated/α-hetero) is 2. The van der Waals surface area contributed by atoms with E-state index in [4.69, 9.17) is 0 Å². The van der Waals surface area contributed by atoms with Crippen molar-refractivity contribution in [3.8, 4) is 0 Å². The zero-order valence-corrected chi connectivity index (χ0v) is 13.6. The smallest absolute Gasteiger partial charge is 0.139 e. The topological polar surface area (TPSA) is 34.1 Å². The lowest BCUT2D eigenvalue weighted by Crippen LogP contribution is -2.31. The molecule has 0 saturated heterocycles. The van der Waals surface area contributed by atoms with Gasteiger partial charge < -0.3 is 0 Å². The first-order chi connectivity index (χ1) is 8.85. The van der Waals surface area contributed by atoms with Gasteiger partial charge in [-0.3, -0.25) is 9.59 Å². The summed E-state index contributed by atoms with van der Waals surface area (Å²) in [6.45, 7) is 10.3. The Morgan fingerprint density at radius 1 is 1.05 bits per heavy atom. The van der Waals surface area contributed by atoms with E-state index in [1.807, 2.05) is 6.92 Å². The Kier molecular flexibility index (Phi) is 8.95. The van der Waals surface area contributed by atoms with Crippen LogP contribution in [0.3, 0.4) is 0 Å². The van der Waals surface area contributed by atoms with Crippen molar-refractivity contribution in [3.63, 3.8) is 0 Å². The molecule has 0 fully saturated rings. The highest BCUT2D eigenvalue weighted by Crippen LogP contribution is 2.32. The highest BCUT2D eigenvalue weighted by atomic mass is 16.1. The number of rotatable bonds is 11. The molecule has 0 spiro atoms. The van der Waals surface area contributed by atoms with Gasteiger partial charge in [0.15, 0.2) is 0 Å². The maximum atomic E-state index is 12.4. The third kappa shape index (κ3) is 7.49. The minimum absolute atomic E-state index is 0.249. The molecule has 2 nitrogen and oxygen atoms in total. The fourth-order valence-electron chi connectivity index (χ4n) is 2.50. The Hall–Kier alpha value is -0.660. The predicted molar refractivity (Wildman–Crippen MR) is 81.2 cm³/mol. The Morgan fingerprint density at radius 2 is 1.63 bits per heavy atom. The maximum Gasteiger partial charge on any atom is 0.139 e. The van der Waals surface area contributed by atoms with Crippen LogP contribution in [0.25, 0.3) is 0 Å². The number of hydrogen-bond donors (Lipinski definition) is 0. The highest BCUT2D eigenvalue weighted by Gasteiger charge is 2.33. The highest BCUT2D eigenvalue weighted by molar-refractivity contribution is 5.90. The van der Waals surface area contributed by atoms with E-state index >= 15 is 0 Å². The molecule has 1 atom stereocenters. The average Bonchev–Trinajstić information content (AvgIpc) is 2.32. The monoisotopic (exact) mass is 268 g/mol. The van der Waals surface area contributed by atoms with Gasteiger partial charge in [0.25, 0.3) is 0 Å². The van der Waals surface area contributed by atoms with Crippen LogP contribution in [0.2, 0.25) is 0 Å². The molecule has 0 aromatic heterocycles. The van der Waals surface area contributed by atoms with Crippen LogP contribution in [-0.4, -0.2) is 11.6 Å². The van der Waals surface area contributed by atoms with Gasteiger partial charge in [0, 0.05) is 24.7 Å². The minimum atomic E-state index is -0.419. The van der Waals surface area contributed by atoms with Gasteiger partial charge in [0.2, 0.25) is 0 Å². The Morgan fingerprint density at radius 3 is 2.11 bits per heavy atom. The summed E-state index contributed by atoms with van der Waals surface area (Å²) in [5.41, 5.74) is -0.419. The average molecular weight is 268 g/mol. The maximum absolute atomic E-state index is 12.4. The van der Waals surface area contributed by atoms with Gasteiger partial charge in [-0.2, -0.15) is 0 Å². The summed E-state index contributed by atoms with van der Waals surface area (Å²) in [6, 6.07) is 0. The molecule has 0 aromatic rings. The first-order valence-corrected chi connectivity index (χ1v) is 7.90. The van der Waals surface area contributed by atoms with Crippen molar-refractivity contribution in [2.45, 2.75) is 86.0 Å². The summed E-state index contributed by atoms with van der Waals surface area (Å²) in [5.74, 6) is 0.923. The second kappa shape index (κ2) is 9.28. The summed E-state index contributed by atoms with van der Waals surface area (Å²) in [6.07, 6.45) is 6.62. The van der Waals surface area contributed by atoms with Gasteiger partial charge in [-0.05, 0) is 18.8 Å². The molecule has 0 bridgehead atoms. The van der Waals surface area contributed by atoms with Gasteiger partial charge in [-0.15, -0.1) is 0 Å². The minimum Gasteiger partial charge on any atom is -0.300 e. The Labute approximate surface area is 119 Å². The Bertz CT molecular complexity index is 281. The van der Waals surface area contributed by atoms with Crippen molar-refractivity contribution in [2.75, 3.05) is 0 Å². The van der Waals surface area contributed by atoms with E-state index in [-0.39, 0.29) is 5.78 Å². The van der Waals surface area contributed by atoms with Crippen LogP contribution in [0.4, 0.5) is 0 Å². The molecule has 0 N–H and O–H groups in total. The number of carbonyl (C=O) groups excluding carboxylic acids is 2. The molecule has 112 valence electrons. The van der Waals surface area contributed by atoms with Crippen LogP contribution >= 0.6 is 0 Å². The number of hydrogen-bond acceptors (Lipinski definition) is 2. The summed E-state index contributed by atoms with van der Waals surface area (Å²) in [7, 11) is 0. The van der Waals surface area contributed by atoms with Crippen LogP contribution in [0, 0.1) is 11.3 Å². The summed E-state index contributed by atoms with van der Waals surface area (Å²) < 4.78 is 0. The predicted octanol–water partition coefficient (Wildman–Crippen LogP) is 4.95. The van der Waals surface area contributed by atoms with E-state index in [2.05, 4.69) is 27.7 Å². The summed E-state index contributed by atoms with van der Waals surface area (Å²) in [4.78, 5) is 24.5. The SMILES string of the molecule is CCCCC(=O)C(C)(CCCC)CC(=O)CC(C)C. The van der Waals surface area contributed by atoms with E-state index in [9.17, 15) is 9.59 Å². The lowest BCUT2D eigenvalue weighted by Gasteiger charge is -2.28. The molecular formula is C17H32O2. The largest absolute Gasteiger partial charge is 0.300 e. The van der Waals surface area contributed by atoms with Crippen molar-refractivity contribution in [1.82, 2.24) is 0 Å². The van der Waals surface area contributed by atoms with Crippen LogP contribution in [0.15, 0.2) is 0 Å². The fraction of sp³-hybridized carbons (Fsp3) is 0.882. The molecular weight excluding hydrogens is 236 g/mol. The molecule has 2 heteroatoms. The number of ketones is 2. The second-order valence-corrected chi connectivity index (χ2v) is 6.50. The molecule has 0 aliphatic carbocycles. The molecule has 0 heterocycles. The lowest BCUT2D eigenvalue weighted by atomic mass is 9.74. The van der Waals surface area contributed by atoms with E-state index in [1.165, 1.54) is 0 Å². The van der Waals surface area contributed by atoms with Crippen LogP contribution in [0.1, 0.15) is 86.0 Å². The number of unbranched alkanes of at least 4 members (excludes halogenated alkanes) is 2. The normalized spacial score (nSPS) is 14.4. The zero-order valence-electron chi connectivity index (χ0n) is 13.6. The van der Waals surface area contributed by atoms with E-state index in [0.717, 1.165) is 32.1 Å². The zero-order chi connectivity index (χ0) is 14.9. The molecule has 0 aliphatic heterocycles. The molecule has 0 aromatic carbocycles. The Balaban J connectivity index is 4.65. The lowest BCUT2D eigenvalue weighted by molar-refractivity contribution is -0.134. The molecule has 0 saturated carbocycles. The fourth-order valence-corrected chi connectivity index (χ4v) is 2.50. The standard InChI is InChI=1S/C17H32O2/c1-6-8-10-16(19)17(5,11-9-7-2)13-15(18)12-14(3)4/h14H,6-13H2,1-5H3. The molecule has 0 aliphatic rings. The molecule has 19 heavy (non-hydrogen) atoms.